The topological polar surface area (TPSA) is 0 Å². The summed E-state index contributed by atoms with van der Waals surface area (Å²) in [6.07, 6.45) is 3.77. The third-order valence-electron chi connectivity index (χ3n) is 1.31. The van der Waals surface area contributed by atoms with Crippen molar-refractivity contribution in [1.82, 2.24) is 0 Å². The Hall–Kier alpha value is 2.22. The van der Waals surface area contributed by atoms with Crippen LogP contribution in [0.25, 0.3) is 0 Å². The summed E-state index contributed by atoms with van der Waals surface area (Å²) in [7, 11) is 6.78. The van der Waals surface area contributed by atoms with E-state index in [4.69, 9.17) is 0 Å². The van der Waals surface area contributed by atoms with E-state index in [1.165, 1.54) is 12.2 Å². The SMILES string of the molecule is C[S][Sb]([S]C(C)C)[S]C1CCS1. The first-order valence-corrected chi connectivity index (χ1v) is 17.3. The van der Waals surface area contributed by atoms with E-state index in [9.17, 15) is 0 Å². The molecule has 0 saturated carbocycles. The number of rotatable bonds is 5. The molecule has 0 nitrogen and oxygen atoms in total. The minimum atomic E-state index is -0.988. The third kappa shape index (κ3) is 4.63. The van der Waals surface area contributed by atoms with E-state index >= 15 is 0 Å². The molecule has 0 aliphatic carbocycles. The van der Waals surface area contributed by atoms with Gasteiger partial charge in [-0.1, -0.05) is 0 Å². The zero-order valence-corrected chi connectivity index (χ0v) is 13.5. The molecule has 1 aliphatic heterocycles. The summed E-state index contributed by atoms with van der Waals surface area (Å²) in [6.45, 7) is 4.65. The molecule has 12 heavy (non-hydrogen) atoms. The first-order chi connectivity index (χ1) is 5.72. The Morgan fingerprint density at radius 1 is 1.50 bits per heavy atom. The van der Waals surface area contributed by atoms with Gasteiger partial charge in [0.2, 0.25) is 0 Å². The second-order valence-corrected chi connectivity index (χ2v) is 26.7. The standard InChI is InChI=1S/C3H6S2.C3H8S.CH4S.Sb/c4-3-1-2-5-3;1-3(2)4;1-2;/h3-4H,1-2H2;3-4H,1-2H3;2H,1H3;/q;;;+3/p-3. The molecule has 1 fully saturated rings. The van der Waals surface area contributed by atoms with Crippen LogP contribution in [0.1, 0.15) is 20.3 Å². The van der Waals surface area contributed by atoms with Gasteiger partial charge in [0.15, 0.2) is 0 Å². The summed E-state index contributed by atoms with van der Waals surface area (Å²) in [5, 5.41) is 0.845. The van der Waals surface area contributed by atoms with Crippen molar-refractivity contribution in [3.05, 3.63) is 0 Å². The van der Waals surface area contributed by atoms with E-state index in [0.29, 0.717) is 0 Å². The van der Waals surface area contributed by atoms with E-state index in [-0.39, 0.29) is 0 Å². The van der Waals surface area contributed by atoms with Gasteiger partial charge in [0.05, 0.1) is 0 Å². The summed E-state index contributed by atoms with van der Waals surface area (Å²) in [5.41, 5.74) is 0. The van der Waals surface area contributed by atoms with Gasteiger partial charge in [0, 0.05) is 0 Å². The third-order valence-corrected chi connectivity index (χ3v) is 30.1. The summed E-state index contributed by atoms with van der Waals surface area (Å²) in [4.78, 5) is 0. The Morgan fingerprint density at radius 3 is 2.50 bits per heavy atom. The van der Waals surface area contributed by atoms with Crippen molar-refractivity contribution in [2.45, 2.75) is 30.1 Å². The molecule has 1 rings (SSSR count). The Kier molecular flexibility index (Phi) is 6.82. The van der Waals surface area contributed by atoms with Gasteiger partial charge in [0.25, 0.3) is 0 Å². The van der Waals surface area contributed by atoms with Crippen LogP contribution < -0.4 is 0 Å². The second kappa shape index (κ2) is 6.66. The van der Waals surface area contributed by atoms with Crippen molar-refractivity contribution in [2.75, 3.05) is 12.0 Å². The monoisotopic (exact) mass is 348 g/mol. The van der Waals surface area contributed by atoms with Crippen LogP contribution in [0.3, 0.4) is 0 Å². The van der Waals surface area contributed by atoms with Crippen molar-refractivity contribution in [3.8, 4) is 0 Å². The van der Waals surface area contributed by atoms with Gasteiger partial charge in [-0.05, 0) is 0 Å². The van der Waals surface area contributed by atoms with Crippen LogP contribution in [0.2, 0.25) is 0 Å². The van der Waals surface area contributed by atoms with Gasteiger partial charge in [-0.25, -0.2) is 0 Å². The zero-order chi connectivity index (χ0) is 8.97. The van der Waals surface area contributed by atoms with Crippen molar-refractivity contribution >= 4 is 54.3 Å². The van der Waals surface area contributed by atoms with Gasteiger partial charge in [-0.15, -0.1) is 0 Å². The Labute approximate surface area is 95.3 Å². The van der Waals surface area contributed by atoms with Gasteiger partial charge < -0.3 is 0 Å². The van der Waals surface area contributed by atoms with E-state index in [1.807, 2.05) is 0 Å². The molecule has 0 aromatic rings. The number of hydrogen-bond acceptors (Lipinski definition) is 4. The van der Waals surface area contributed by atoms with Crippen LogP contribution in [0.4, 0.5) is 0 Å². The molecule has 72 valence electrons. The molecule has 1 unspecified atom stereocenters. The maximum absolute atomic E-state index is 2.33. The van der Waals surface area contributed by atoms with Crippen LogP contribution in [0, 0.1) is 0 Å². The van der Waals surface area contributed by atoms with Gasteiger partial charge in [0.1, 0.15) is 0 Å². The molecular weight excluding hydrogens is 334 g/mol. The molecule has 1 atom stereocenters. The summed E-state index contributed by atoms with van der Waals surface area (Å²) < 4.78 is 0.978. The average molecular weight is 349 g/mol. The van der Waals surface area contributed by atoms with Crippen molar-refractivity contribution in [3.63, 3.8) is 0 Å². The minimum absolute atomic E-state index is 0.845. The van der Waals surface area contributed by atoms with Gasteiger partial charge in [-0.3, -0.25) is 0 Å². The van der Waals surface area contributed by atoms with Crippen LogP contribution in [0.5, 0.6) is 0 Å². The number of thioether (sulfide) groups is 1. The molecule has 0 bridgehead atoms. The van der Waals surface area contributed by atoms with Crippen LogP contribution in [-0.4, -0.2) is 37.8 Å². The zero-order valence-electron chi connectivity index (χ0n) is 7.65. The first-order valence-electron chi connectivity index (χ1n) is 4.01. The Bertz CT molecular complexity index is 127. The fourth-order valence-corrected chi connectivity index (χ4v) is 31.2. The molecule has 5 heteroatoms. The molecule has 0 spiro atoms. The van der Waals surface area contributed by atoms with Crippen LogP contribution in [-0.2, 0) is 0 Å². The summed E-state index contributed by atoms with van der Waals surface area (Å²) in [6, 6.07) is 0. The van der Waals surface area contributed by atoms with E-state index < -0.39 is 16.0 Å². The van der Waals surface area contributed by atoms with Crippen LogP contribution >= 0.6 is 38.3 Å². The van der Waals surface area contributed by atoms with E-state index in [0.717, 1.165) is 9.83 Å². The predicted octanol–water partition coefficient (Wildman–Crippen LogP) is 3.67. The van der Waals surface area contributed by atoms with Gasteiger partial charge in [-0.2, -0.15) is 0 Å². The van der Waals surface area contributed by atoms with Crippen LogP contribution in [0.15, 0.2) is 0 Å². The Balaban J connectivity index is 2.15. The molecule has 0 N–H and O–H groups in total. The van der Waals surface area contributed by atoms with Crippen molar-refractivity contribution in [1.29, 1.82) is 0 Å². The molecule has 0 aromatic heterocycles. The number of hydrogen-bond donors (Lipinski definition) is 0. The van der Waals surface area contributed by atoms with E-state index in [2.05, 4.69) is 58.4 Å². The fourth-order valence-electron chi connectivity index (χ4n) is 0.676. The first kappa shape index (κ1) is 12.3. The fraction of sp³-hybridized carbons (Fsp3) is 1.00. The normalized spacial score (nSPS) is 23.2. The molecule has 1 saturated heterocycles. The molecule has 0 aromatic carbocycles. The van der Waals surface area contributed by atoms with Crippen molar-refractivity contribution in [2.24, 2.45) is 0 Å². The summed E-state index contributed by atoms with van der Waals surface area (Å²) in [5.74, 6) is 1.41. The predicted molar refractivity (Wildman–Crippen MR) is 70.5 cm³/mol. The molecule has 1 heterocycles. The van der Waals surface area contributed by atoms with E-state index in [1.54, 1.807) is 0 Å². The summed E-state index contributed by atoms with van der Waals surface area (Å²) >= 11 is 1.17. The molecule has 1 aliphatic rings. The molecule has 0 amide bonds. The second-order valence-electron chi connectivity index (χ2n) is 2.75. The molecule has 0 radical (unpaired) electrons. The van der Waals surface area contributed by atoms with Crippen molar-refractivity contribution < 1.29 is 0 Å². The molecular formula is C7H15S4Sb. The quantitative estimate of drug-likeness (QED) is 0.695. The van der Waals surface area contributed by atoms with Gasteiger partial charge >= 0.3 is 96.4 Å². The Morgan fingerprint density at radius 2 is 2.17 bits per heavy atom. The maximum atomic E-state index is 2.33. The average Bonchev–Trinajstić information content (AvgIpc) is 1.93.